The van der Waals surface area contributed by atoms with Gasteiger partial charge < -0.3 is 31.5 Å². The molecule has 0 rings (SSSR count). The summed E-state index contributed by atoms with van der Waals surface area (Å²) in [5.41, 5.74) is 0. The van der Waals surface area contributed by atoms with Crippen LogP contribution < -0.4 is 0 Å². The van der Waals surface area contributed by atoms with E-state index in [1.807, 2.05) is 0 Å². The Morgan fingerprint density at radius 1 is 0.294 bits per heavy atom. The number of rotatable bonds is 0. The van der Waals surface area contributed by atoms with E-state index in [1.54, 1.807) is 0 Å². The fraction of sp³-hybridized carbons (Fsp3) is 1.00. The third kappa shape index (κ3) is 11.0. The van der Waals surface area contributed by atoms with Crippen LogP contribution in [0.1, 0.15) is 0 Å². The first-order valence-electron chi connectivity index (χ1n) is 5.35. The topological polar surface area (TPSA) is 166 Å². The Labute approximate surface area is 214 Å². The average Bonchev–Trinajstić information content (AvgIpc) is 2.29. The van der Waals surface area contributed by atoms with Gasteiger partial charge >= 0.3 is 51.4 Å². The van der Waals surface area contributed by atoms with E-state index in [1.165, 1.54) is 0 Å². The second-order valence-electron chi connectivity index (χ2n) is 4.41. The summed E-state index contributed by atoms with van der Waals surface area (Å²) in [5.74, 6) is -40.4. The molecule has 0 saturated heterocycles. The Morgan fingerprint density at radius 3 is 0.353 bits per heavy atom. The van der Waals surface area contributed by atoms with Crippen LogP contribution in [0, 0.1) is 0 Å². The minimum absolute atomic E-state index is 0. The molecule has 0 aliphatic carbocycles. The monoisotopic (exact) mass is 756 g/mol. The average molecular weight is 759 g/mol. The smallest absolute Gasteiger partial charge is 0.413 e. The maximum atomic E-state index is 11.5. The fourth-order valence-corrected chi connectivity index (χ4v) is 2.89. The molecule has 0 aromatic rings. The van der Waals surface area contributed by atoms with Crippen LogP contribution in [0.25, 0.3) is 0 Å². The van der Waals surface area contributed by atoms with E-state index in [-0.39, 0.29) is 74.3 Å². The molecule has 0 aromatic carbocycles. The van der Waals surface area contributed by atoms with Crippen molar-refractivity contribution in [3.8, 4) is 0 Å². The molecule has 28 heteroatoms. The van der Waals surface area contributed by atoms with Gasteiger partial charge in [0.05, 0.1) is 0 Å². The van der Waals surface area contributed by atoms with Crippen LogP contribution in [-0.4, -0.2) is 82.9 Å². The minimum Gasteiger partial charge on any atom is -0.413 e. The van der Waals surface area contributed by atoms with E-state index in [4.69, 9.17) is 9.59 Å². The number of halogens is 18. The molecular formula is C6H10F18O6Si2Zr2. The molecule has 0 aliphatic heterocycles. The molecule has 0 atom stereocenters. The van der Waals surface area contributed by atoms with E-state index in [0.29, 0.717) is 0 Å². The number of hydrogen-bond donors (Lipinski definition) is 2. The van der Waals surface area contributed by atoms with Gasteiger partial charge in [-0.25, -0.2) is 0 Å². The van der Waals surface area contributed by atoms with Crippen molar-refractivity contribution in [2.24, 2.45) is 0 Å². The first kappa shape index (κ1) is 55.3. The van der Waals surface area contributed by atoms with Crippen molar-refractivity contribution in [2.75, 3.05) is 0 Å². The first-order chi connectivity index (χ1) is 11.5. The standard InChI is InChI=1S/2C3HF9OSi.4H2O.2Zr/c2*4-1(5,6)14(13,2(7,8)9)3(10,11)12;;;;;;/h2*13H;4*1H2;;. The predicted octanol–water partition coefficient (Wildman–Crippen LogP) is 1.15. The second-order valence-corrected chi connectivity index (χ2v) is 10.7. The van der Waals surface area contributed by atoms with Crippen LogP contribution in [-0.2, 0) is 52.4 Å². The summed E-state index contributed by atoms with van der Waals surface area (Å²) >= 11 is 0. The van der Waals surface area contributed by atoms with Gasteiger partial charge in [-0.15, -0.1) is 0 Å². The van der Waals surface area contributed by atoms with Crippen LogP contribution >= 0.6 is 0 Å². The van der Waals surface area contributed by atoms with Crippen molar-refractivity contribution >= 4 is 16.6 Å². The van der Waals surface area contributed by atoms with Crippen molar-refractivity contribution in [1.29, 1.82) is 0 Å². The molecule has 0 bridgehead atoms. The molecule has 0 radical (unpaired) electrons. The van der Waals surface area contributed by atoms with Gasteiger partial charge in [-0.2, -0.15) is 79.0 Å². The van der Waals surface area contributed by atoms with Crippen LogP contribution in [0.5, 0.6) is 0 Å². The molecule has 0 heterocycles. The van der Waals surface area contributed by atoms with E-state index in [0.717, 1.165) is 0 Å². The normalized spacial score (nSPS) is 13.1. The zero-order valence-corrected chi connectivity index (χ0v) is 21.6. The predicted molar refractivity (Wildman–Crippen MR) is 66.7 cm³/mol. The molecule has 0 amide bonds. The molecule has 0 aliphatic rings. The van der Waals surface area contributed by atoms with Crippen molar-refractivity contribution in [3.05, 3.63) is 0 Å². The molecular weight excluding hydrogens is 749 g/mol. The van der Waals surface area contributed by atoms with Gasteiger partial charge in [0.25, 0.3) is 0 Å². The Balaban J connectivity index is -0.0000000563. The zero-order chi connectivity index (χ0) is 24.0. The van der Waals surface area contributed by atoms with E-state index >= 15 is 0 Å². The molecule has 0 unspecified atom stereocenters. The van der Waals surface area contributed by atoms with Gasteiger partial charge in [0, 0.05) is 52.4 Å². The summed E-state index contributed by atoms with van der Waals surface area (Å²) < 4.78 is 206. The Bertz CT molecular complexity index is 418. The van der Waals surface area contributed by atoms with E-state index in [9.17, 15) is 79.0 Å². The molecule has 0 spiro atoms. The Kier molecular flexibility index (Phi) is 24.7. The Morgan fingerprint density at radius 2 is 0.353 bits per heavy atom. The van der Waals surface area contributed by atoms with Crippen LogP contribution in [0.3, 0.4) is 0 Å². The second kappa shape index (κ2) is 15.2. The molecule has 212 valence electrons. The summed E-state index contributed by atoms with van der Waals surface area (Å²) in [6, 6.07) is 0. The van der Waals surface area contributed by atoms with Crippen molar-refractivity contribution in [3.63, 3.8) is 0 Å². The fourth-order valence-electron chi connectivity index (χ4n) is 0.964. The maximum Gasteiger partial charge on any atom is 0.545 e. The van der Waals surface area contributed by atoms with Gasteiger partial charge in [0.15, 0.2) is 0 Å². The molecule has 0 fully saturated rings. The summed E-state index contributed by atoms with van der Waals surface area (Å²) in [4.78, 5) is 15.6. The summed E-state index contributed by atoms with van der Waals surface area (Å²) in [6.07, 6.45) is 0. The quantitative estimate of drug-likeness (QED) is 0.280. The summed E-state index contributed by atoms with van der Waals surface area (Å²) in [5, 5.41) is 0. The summed E-state index contributed by atoms with van der Waals surface area (Å²) in [6.45, 7) is 0. The molecule has 0 aromatic heterocycles. The molecule has 10 N–H and O–H groups in total. The zero-order valence-electron chi connectivity index (χ0n) is 14.7. The largest absolute Gasteiger partial charge is 0.545 e. The number of alkyl halides is 18. The first-order valence-corrected chi connectivity index (χ1v) is 9.24. The third-order valence-corrected chi connectivity index (χ3v) is 7.38. The number of hydrogen-bond acceptors (Lipinski definition) is 2. The van der Waals surface area contributed by atoms with Gasteiger partial charge in [-0.1, -0.05) is 0 Å². The van der Waals surface area contributed by atoms with Gasteiger partial charge in [-0.05, 0) is 0 Å². The minimum atomic E-state index is -8.35. The van der Waals surface area contributed by atoms with Crippen molar-refractivity contribution in [1.82, 2.24) is 0 Å². The van der Waals surface area contributed by atoms with Crippen LogP contribution in [0.4, 0.5) is 79.0 Å². The van der Waals surface area contributed by atoms with Crippen molar-refractivity contribution < 1.29 is 163 Å². The van der Waals surface area contributed by atoms with Crippen LogP contribution in [0.15, 0.2) is 0 Å². The van der Waals surface area contributed by atoms with Gasteiger partial charge in [0.1, 0.15) is 0 Å². The molecule has 0 saturated carbocycles. The summed E-state index contributed by atoms with van der Waals surface area (Å²) in [7, 11) is -16.7. The van der Waals surface area contributed by atoms with Crippen LogP contribution in [0.2, 0.25) is 0 Å². The SMILES string of the molecule is O.O.O.O.O[Si](C(F)(F)F)(C(F)(F)F)C(F)(F)F.O[Si](C(F)(F)F)(C(F)(F)F)C(F)(F)F.[Zr].[Zr]. The Hall–Kier alpha value is 0.700. The van der Waals surface area contributed by atoms with Gasteiger partial charge in [-0.3, -0.25) is 0 Å². The van der Waals surface area contributed by atoms with E-state index in [2.05, 4.69) is 0 Å². The van der Waals surface area contributed by atoms with E-state index < -0.39 is 51.4 Å². The van der Waals surface area contributed by atoms with Crippen molar-refractivity contribution in [2.45, 2.75) is 34.8 Å². The maximum absolute atomic E-state index is 11.5. The van der Waals surface area contributed by atoms with Gasteiger partial charge in [0.2, 0.25) is 0 Å². The molecule has 6 nitrogen and oxygen atoms in total. The molecule has 34 heavy (non-hydrogen) atoms. The third-order valence-electron chi connectivity index (χ3n) is 2.46.